The van der Waals surface area contributed by atoms with Gasteiger partial charge in [0, 0.05) is 18.2 Å². The summed E-state index contributed by atoms with van der Waals surface area (Å²) in [5.41, 5.74) is -0.450. The molecule has 0 radical (unpaired) electrons. The maximum absolute atomic E-state index is 12.1. The molecule has 26 heavy (non-hydrogen) atoms. The second kappa shape index (κ2) is 7.62. The number of rotatable bonds is 6. The van der Waals surface area contributed by atoms with E-state index in [1.807, 2.05) is 0 Å². The van der Waals surface area contributed by atoms with Gasteiger partial charge in [-0.1, -0.05) is 20.8 Å². The van der Waals surface area contributed by atoms with Crippen molar-refractivity contribution in [3.63, 3.8) is 0 Å². The minimum Gasteiger partial charge on any atom is -0.414 e. The molecule has 0 amide bonds. The van der Waals surface area contributed by atoms with E-state index in [9.17, 15) is 14.4 Å². The molecule has 0 aromatic carbocycles. The largest absolute Gasteiger partial charge is 0.414 e. The number of aldehydes is 1. The third kappa shape index (κ3) is 4.42. The van der Waals surface area contributed by atoms with Crippen LogP contribution in [0.1, 0.15) is 45.4 Å². The van der Waals surface area contributed by atoms with Crippen molar-refractivity contribution >= 4 is 14.6 Å². The number of nitrogens with one attached hydrogen (secondary N) is 1. The van der Waals surface area contributed by atoms with Crippen LogP contribution in [0.15, 0.2) is 15.8 Å². The van der Waals surface area contributed by atoms with E-state index in [1.165, 1.54) is 10.8 Å². The molecule has 2 rings (SSSR count). The van der Waals surface area contributed by atoms with E-state index < -0.39 is 25.8 Å². The molecule has 1 aliphatic heterocycles. The Bertz CT molecular complexity index is 762. The molecule has 1 fully saturated rings. The van der Waals surface area contributed by atoms with Crippen molar-refractivity contribution in [2.24, 2.45) is 5.92 Å². The molecular formula is C18H30N2O5Si. The summed E-state index contributed by atoms with van der Waals surface area (Å²) in [6.45, 7) is 12.9. The number of carbonyl (C=O) groups is 1. The minimum atomic E-state index is -1.94. The first-order chi connectivity index (χ1) is 12.0. The lowest BCUT2D eigenvalue weighted by Gasteiger charge is -2.37. The van der Waals surface area contributed by atoms with E-state index in [0.717, 1.165) is 6.29 Å². The Kier molecular flexibility index (Phi) is 6.09. The average molecular weight is 383 g/mol. The lowest BCUT2D eigenvalue weighted by atomic mass is 9.98. The fourth-order valence-electron chi connectivity index (χ4n) is 2.81. The summed E-state index contributed by atoms with van der Waals surface area (Å²) in [5.74, 6) is -0.0126. The third-order valence-corrected chi connectivity index (χ3v) is 10.1. The van der Waals surface area contributed by atoms with Crippen LogP contribution < -0.4 is 11.2 Å². The van der Waals surface area contributed by atoms with E-state index >= 15 is 0 Å². The zero-order valence-electron chi connectivity index (χ0n) is 16.5. The number of aromatic nitrogens is 2. The number of hydrogen-bond donors (Lipinski definition) is 1. The Hall–Kier alpha value is -1.51. The Morgan fingerprint density at radius 3 is 2.62 bits per heavy atom. The van der Waals surface area contributed by atoms with Gasteiger partial charge in [0.15, 0.2) is 8.32 Å². The standard InChI is InChI=1S/C18H30N2O5Si/c1-12-10-20(17(23)19-16(12)22)15-9-13(7-8-21)14(25-15)11-24-26(5,6)18(2,3)4/h8,10,13-15H,7,9,11H2,1-6H3,(H,19,22,23)/t13-,14+,15+/m0/s1. The fourth-order valence-corrected chi connectivity index (χ4v) is 3.83. The molecule has 1 saturated heterocycles. The van der Waals surface area contributed by atoms with Crippen molar-refractivity contribution < 1.29 is 14.0 Å². The predicted octanol–water partition coefficient (Wildman–Crippen LogP) is 2.36. The predicted molar refractivity (Wildman–Crippen MR) is 102 cm³/mol. The van der Waals surface area contributed by atoms with Crippen molar-refractivity contribution in [2.45, 2.75) is 71.0 Å². The summed E-state index contributed by atoms with van der Waals surface area (Å²) in [7, 11) is -1.94. The number of hydrogen-bond acceptors (Lipinski definition) is 5. The van der Waals surface area contributed by atoms with Gasteiger partial charge in [-0.05, 0) is 37.4 Å². The van der Waals surface area contributed by atoms with Crippen molar-refractivity contribution in [3.05, 3.63) is 32.6 Å². The highest BCUT2D eigenvalue weighted by molar-refractivity contribution is 6.74. The van der Waals surface area contributed by atoms with Gasteiger partial charge in [-0.15, -0.1) is 0 Å². The van der Waals surface area contributed by atoms with Gasteiger partial charge in [-0.2, -0.15) is 0 Å². The van der Waals surface area contributed by atoms with E-state index in [1.54, 1.807) is 6.92 Å². The lowest BCUT2D eigenvalue weighted by Crippen LogP contribution is -2.43. The molecule has 1 N–H and O–H groups in total. The first-order valence-corrected chi connectivity index (χ1v) is 11.9. The maximum atomic E-state index is 12.1. The normalized spacial score (nSPS) is 24.0. The van der Waals surface area contributed by atoms with Gasteiger partial charge >= 0.3 is 5.69 Å². The summed E-state index contributed by atoms with van der Waals surface area (Å²) in [6.07, 6.45) is 2.54. The van der Waals surface area contributed by atoms with Crippen LogP contribution in [-0.4, -0.2) is 36.9 Å². The summed E-state index contributed by atoms with van der Waals surface area (Å²) in [6, 6.07) is 0. The van der Waals surface area contributed by atoms with Crippen molar-refractivity contribution in [2.75, 3.05) is 6.61 Å². The number of ether oxygens (including phenoxy) is 1. The first-order valence-electron chi connectivity index (χ1n) is 9.01. The smallest absolute Gasteiger partial charge is 0.330 e. The number of H-pyrrole nitrogens is 1. The van der Waals surface area contributed by atoms with Gasteiger partial charge in [0.2, 0.25) is 0 Å². The number of nitrogens with zero attached hydrogens (tertiary/aromatic N) is 1. The average Bonchev–Trinajstić information content (AvgIpc) is 2.91. The van der Waals surface area contributed by atoms with Crippen LogP contribution in [0.3, 0.4) is 0 Å². The first kappa shape index (κ1) is 20.8. The topological polar surface area (TPSA) is 90.4 Å². The van der Waals surface area contributed by atoms with Crippen LogP contribution in [0.5, 0.6) is 0 Å². The van der Waals surface area contributed by atoms with Crippen LogP contribution >= 0.6 is 0 Å². The SMILES string of the molecule is Cc1cn([C@H]2C[C@H](CC=O)[C@@H](CO[Si](C)(C)C(C)(C)C)O2)c(=O)[nH]c1=O. The molecule has 2 heterocycles. The monoisotopic (exact) mass is 382 g/mol. The molecule has 0 bridgehead atoms. The second-order valence-electron chi connectivity index (χ2n) is 8.58. The summed E-state index contributed by atoms with van der Waals surface area (Å²) < 4.78 is 13.7. The van der Waals surface area contributed by atoms with Crippen molar-refractivity contribution in [3.8, 4) is 0 Å². The molecule has 0 spiro atoms. The van der Waals surface area contributed by atoms with Gasteiger partial charge in [0.05, 0.1) is 12.7 Å². The van der Waals surface area contributed by atoms with Crippen LogP contribution in [0.25, 0.3) is 0 Å². The fraction of sp³-hybridized carbons (Fsp3) is 0.722. The second-order valence-corrected chi connectivity index (χ2v) is 13.4. The third-order valence-electron chi connectivity index (χ3n) is 5.63. The van der Waals surface area contributed by atoms with Crippen LogP contribution in [0.2, 0.25) is 18.1 Å². The molecule has 1 aromatic heterocycles. The van der Waals surface area contributed by atoms with Crippen LogP contribution in [-0.2, 0) is 14.0 Å². The number of aryl methyl sites for hydroxylation is 1. The zero-order valence-corrected chi connectivity index (χ0v) is 17.5. The molecule has 7 nitrogen and oxygen atoms in total. The van der Waals surface area contributed by atoms with Gasteiger partial charge in [0.1, 0.15) is 12.5 Å². The molecule has 0 aliphatic carbocycles. The molecule has 3 atom stereocenters. The highest BCUT2D eigenvalue weighted by atomic mass is 28.4. The van der Waals surface area contributed by atoms with Gasteiger partial charge < -0.3 is 14.0 Å². The Labute approximate surface area is 154 Å². The number of carbonyl (C=O) groups excluding carboxylic acids is 1. The molecular weight excluding hydrogens is 352 g/mol. The molecule has 8 heteroatoms. The molecule has 146 valence electrons. The molecule has 0 saturated carbocycles. The van der Waals surface area contributed by atoms with Gasteiger partial charge in [-0.3, -0.25) is 14.3 Å². The number of aromatic amines is 1. The highest BCUT2D eigenvalue weighted by Gasteiger charge is 2.41. The summed E-state index contributed by atoms with van der Waals surface area (Å²) in [4.78, 5) is 37.1. The lowest BCUT2D eigenvalue weighted by molar-refractivity contribution is -0.109. The van der Waals surface area contributed by atoms with E-state index in [4.69, 9.17) is 9.16 Å². The van der Waals surface area contributed by atoms with Crippen LogP contribution in [0.4, 0.5) is 0 Å². The zero-order chi connectivity index (χ0) is 19.7. The molecule has 1 aliphatic rings. The molecule has 0 unspecified atom stereocenters. The summed E-state index contributed by atoms with van der Waals surface area (Å²) in [5, 5.41) is 0.0815. The van der Waals surface area contributed by atoms with E-state index in [2.05, 4.69) is 38.8 Å². The van der Waals surface area contributed by atoms with Crippen molar-refractivity contribution in [1.82, 2.24) is 9.55 Å². The van der Waals surface area contributed by atoms with E-state index in [-0.39, 0.29) is 17.1 Å². The van der Waals surface area contributed by atoms with Crippen molar-refractivity contribution in [1.29, 1.82) is 0 Å². The molecule has 1 aromatic rings. The quantitative estimate of drug-likeness (QED) is 0.602. The highest BCUT2D eigenvalue weighted by Crippen LogP contribution is 2.39. The van der Waals surface area contributed by atoms with Crippen LogP contribution in [0, 0.1) is 12.8 Å². The Balaban J connectivity index is 2.18. The van der Waals surface area contributed by atoms with E-state index in [0.29, 0.717) is 25.0 Å². The Morgan fingerprint density at radius 2 is 2.04 bits per heavy atom. The minimum absolute atomic E-state index is 0.0126. The Morgan fingerprint density at radius 1 is 1.38 bits per heavy atom. The summed E-state index contributed by atoms with van der Waals surface area (Å²) >= 11 is 0. The van der Waals surface area contributed by atoms with Gasteiger partial charge in [0.25, 0.3) is 5.56 Å². The maximum Gasteiger partial charge on any atom is 0.330 e. The van der Waals surface area contributed by atoms with Gasteiger partial charge in [-0.25, -0.2) is 4.79 Å².